The second-order valence-electron chi connectivity index (χ2n) is 4.64. The van der Waals surface area contributed by atoms with Gasteiger partial charge in [-0.25, -0.2) is 0 Å². The normalized spacial score (nSPS) is 13.4. The summed E-state index contributed by atoms with van der Waals surface area (Å²) in [6.07, 6.45) is -3.02. The van der Waals surface area contributed by atoms with Crippen molar-refractivity contribution in [1.29, 1.82) is 0 Å². The first kappa shape index (κ1) is 15.0. The van der Waals surface area contributed by atoms with Gasteiger partial charge < -0.3 is 20.7 Å². The van der Waals surface area contributed by atoms with Crippen molar-refractivity contribution in [2.45, 2.75) is 18.8 Å². The van der Waals surface area contributed by atoms with E-state index in [1.165, 1.54) is 0 Å². The fourth-order valence-electron chi connectivity index (χ4n) is 1.87. The fraction of sp³-hybridized carbons (Fsp3) is 0.188. The largest absolute Gasteiger partial charge is 0.489 e. The maximum atomic E-state index is 10.9. The summed E-state index contributed by atoms with van der Waals surface area (Å²) in [4.78, 5) is 10.9. The van der Waals surface area contributed by atoms with Crippen molar-refractivity contribution in [2.75, 3.05) is 0 Å². The average Bonchev–Trinajstić information content (AvgIpc) is 2.52. The summed E-state index contributed by atoms with van der Waals surface area (Å²) in [7, 11) is 0. The highest BCUT2D eigenvalue weighted by atomic mass is 16.5. The van der Waals surface area contributed by atoms with Gasteiger partial charge in [0.05, 0.1) is 0 Å². The zero-order chi connectivity index (χ0) is 15.2. The van der Waals surface area contributed by atoms with Crippen LogP contribution in [0.2, 0.25) is 0 Å². The highest BCUT2D eigenvalue weighted by molar-refractivity contribution is 5.79. The Bertz CT molecular complexity index is 600. The molecule has 0 aliphatic heterocycles. The van der Waals surface area contributed by atoms with Crippen LogP contribution in [0.15, 0.2) is 54.6 Å². The van der Waals surface area contributed by atoms with Gasteiger partial charge in [-0.1, -0.05) is 42.5 Å². The number of nitrogens with two attached hydrogens (primary N) is 1. The molecule has 2 atom stereocenters. The molecule has 0 saturated heterocycles. The number of aliphatic hydroxyl groups is 2. The van der Waals surface area contributed by atoms with E-state index in [9.17, 15) is 15.0 Å². The minimum Gasteiger partial charge on any atom is -0.489 e. The Labute approximate surface area is 122 Å². The summed E-state index contributed by atoms with van der Waals surface area (Å²) in [5.74, 6) is -0.440. The number of primary amides is 1. The van der Waals surface area contributed by atoms with Crippen LogP contribution < -0.4 is 10.5 Å². The summed E-state index contributed by atoms with van der Waals surface area (Å²) >= 11 is 0. The van der Waals surface area contributed by atoms with Crippen LogP contribution >= 0.6 is 0 Å². The quantitative estimate of drug-likeness (QED) is 0.743. The third kappa shape index (κ3) is 4.05. The molecule has 5 nitrogen and oxygen atoms in total. The van der Waals surface area contributed by atoms with Crippen LogP contribution in [0, 0.1) is 0 Å². The summed E-state index contributed by atoms with van der Waals surface area (Å²) in [6, 6.07) is 16.2. The Kier molecular flexibility index (Phi) is 4.92. The highest BCUT2D eigenvalue weighted by Gasteiger charge is 2.23. The van der Waals surface area contributed by atoms with Crippen molar-refractivity contribution in [3.05, 3.63) is 65.7 Å². The molecular formula is C16H17NO4. The van der Waals surface area contributed by atoms with E-state index in [2.05, 4.69) is 0 Å². The third-order valence-electron chi connectivity index (χ3n) is 3.04. The molecule has 0 fully saturated rings. The van der Waals surface area contributed by atoms with Gasteiger partial charge in [0.25, 0.3) is 0 Å². The molecule has 1 amide bonds. The number of hydrogen-bond acceptors (Lipinski definition) is 4. The van der Waals surface area contributed by atoms with Crippen LogP contribution in [0.5, 0.6) is 5.75 Å². The number of hydrogen-bond donors (Lipinski definition) is 3. The van der Waals surface area contributed by atoms with Crippen molar-refractivity contribution in [3.8, 4) is 5.75 Å². The van der Waals surface area contributed by atoms with Gasteiger partial charge in [0.15, 0.2) is 6.10 Å². The first-order valence-electron chi connectivity index (χ1n) is 6.50. The first-order valence-corrected chi connectivity index (χ1v) is 6.50. The number of ether oxygens (including phenoxy) is 1. The van der Waals surface area contributed by atoms with Gasteiger partial charge in [0.1, 0.15) is 18.5 Å². The zero-order valence-electron chi connectivity index (χ0n) is 11.3. The average molecular weight is 287 g/mol. The van der Waals surface area contributed by atoms with E-state index >= 15 is 0 Å². The van der Waals surface area contributed by atoms with Crippen LogP contribution in [0.25, 0.3) is 0 Å². The molecule has 4 N–H and O–H groups in total. The lowest BCUT2D eigenvalue weighted by Gasteiger charge is -2.16. The molecule has 2 aromatic rings. The van der Waals surface area contributed by atoms with E-state index in [-0.39, 0.29) is 0 Å². The number of carbonyl (C=O) groups is 1. The van der Waals surface area contributed by atoms with Crippen LogP contribution in [0.4, 0.5) is 0 Å². The topological polar surface area (TPSA) is 92.8 Å². The standard InChI is InChI=1S/C16H17NO4/c17-16(20)15(19)14(18)12-7-4-8-13(9-12)21-10-11-5-2-1-3-6-11/h1-9,14-15,18-19H,10H2,(H2,17,20). The molecule has 0 aromatic heterocycles. The Morgan fingerprint density at radius 2 is 1.81 bits per heavy atom. The van der Waals surface area contributed by atoms with Crippen molar-refractivity contribution in [3.63, 3.8) is 0 Å². The van der Waals surface area contributed by atoms with E-state index in [1.807, 2.05) is 30.3 Å². The predicted molar refractivity (Wildman–Crippen MR) is 77.4 cm³/mol. The van der Waals surface area contributed by atoms with Crippen LogP contribution in [0.1, 0.15) is 17.2 Å². The summed E-state index contributed by atoms with van der Waals surface area (Å²) in [6.45, 7) is 0.388. The number of rotatable bonds is 6. The molecule has 0 radical (unpaired) electrons. The Hall–Kier alpha value is -2.37. The fourth-order valence-corrected chi connectivity index (χ4v) is 1.87. The maximum absolute atomic E-state index is 10.9. The molecule has 2 rings (SSSR count). The van der Waals surface area contributed by atoms with Crippen LogP contribution in [-0.4, -0.2) is 22.2 Å². The smallest absolute Gasteiger partial charge is 0.249 e. The van der Waals surface area contributed by atoms with Gasteiger partial charge in [-0.15, -0.1) is 0 Å². The summed E-state index contributed by atoms with van der Waals surface area (Å²) < 4.78 is 5.61. The predicted octanol–water partition coefficient (Wildman–Crippen LogP) is 1.15. The van der Waals surface area contributed by atoms with E-state index in [1.54, 1.807) is 24.3 Å². The van der Waals surface area contributed by atoms with Gasteiger partial charge in [-0.05, 0) is 23.3 Å². The third-order valence-corrected chi connectivity index (χ3v) is 3.04. The van der Waals surface area contributed by atoms with Gasteiger partial charge >= 0.3 is 0 Å². The SMILES string of the molecule is NC(=O)C(O)C(O)c1cccc(OCc2ccccc2)c1. The number of benzene rings is 2. The van der Waals surface area contributed by atoms with Crippen molar-refractivity contribution in [1.82, 2.24) is 0 Å². The van der Waals surface area contributed by atoms with E-state index in [0.29, 0.717) is 17.9 Å². The van der Waals surface area contributed by atoms with E-state index in [4.69, 9.17) is 10.5 Å². The molecule has 0 spiro atoms. The molecule has 110 valence electrons. The van der Waals surface area contributed by atoms with Crippen molar-refractivity contribution >= 4 is 5.91 Å². The summed E-state index contributed by atoms with van der Waals surface area (Å²) in [5, 5.41) is 19.3. The second-order valence-corrected chi connectivity index (χ2v) is 4.64. The Balaban J connectivity index is 2.05. The lowest BCUT2D eigenvalue weighted by Crippen LogP contribution is -2.33. The number of amides is 1. The second kappa shape index (κ2) is 6.88. The number of aliphatic hydroxyl groups excluding tert-OH is 2. The minimum absolute atomic E-state index is 0.367. The van der Waals surface area contributed by atoms with Crippen LogP contribution in [-0.2, 0) is 11.4 Å². The zero-order valence-corrected chi connectivity index (χ0v) is 11.3. The van der Waals surface area contributed by atoms with Gasteiger partial charge in [-0.3, -0.25) is 4.79 Å². The Morgan fingerprint density at radius 1 is 1.10 bits per heavy atom. The maximum Gasteiger partial charge on any atom is 0.249 e. The molecule has 0 bridgehead atoms. The first-order chi connectivity index (χ1) is 10.1. The lowest BCUT2D eigenvalue weighted by molar-refractivity contribution is -0.131. The molecule has 0 aliphatic rings. The highest BCUT2D eigenvalue weighted by Crippen LogP contribution is 2.22. The van der Waals surface area contributed by atoms with Crippen LogP contribution in [0.3, 0.4) is 0 Å². The van der Waals surface area contributed by atoms with Crippen molar-refractivity contribution < 1.29 is 19.7 Å². The molecule has 0 aliphatic carbocycles. The number of carbonyl (C=O) groups excluding carboxylic acids is 1. The Morgan fingerprint density at radius 3 is 2.48 bits per heavy atom. The molecule has 2 unspecified atom stereocenters. The van der Waals surface area contributed by atoms with E-state index < -0.39 is 18.1 Å². The van der Waals surface area contributed by atoms with Gasteiger partial charge in [0, 0.05) is 0 Å². The molecule has 21 heavy (non-hydrogen) atoms. The summed E-state index contributed by atoms with van der Waals surface area (Å²) in [5.41, 5.74) is 6.35. The van der Waals surface area contributed by atoms with E-state index in [0.717, 1.165) is 5.56 Å². The molecule has 2 aromatic carbocycles. The molecule has 0 heterocycles. The molecular weight excluding hydrogens is 270 g/mol. The molecule has 5 heteroatoms. The van der Waals surface area contributed by atoms with Gasteiger partial charge in [-0.2, -0.15) is 0 Å². The minimum atomic E-state index is -1.64. The van der Waals surface area contributed by atoms with Crippen molar-refractivity contribution in [2.24, 2.45) is 5.73 Å². The monoisotopic (exact) mass is 287 g/mol. The lowest BCUT2D eigenvalue weighted by atomic mass is 10.0. The molecule has 0 saturated carbocycles. The van der Waals surface area contributed by atoms with Gasteiger partial charge in [0.2, 0.25) is 5.91 Å².